The maximum Gasteiger partial charge on any atom is 0.285 e. The summed E-state index contributed by atoms with van der Waals surface area (Å²) in [5.41, 5.74) is 0. The summed E-state index contributed by atoms with van der Waals surface area (Å²) in [5.74, 6) is -0.757. The number of hydrogen-bond donors (Lipinski definition) is 0. The SMILES string of the molecule is CCC=COCCCOCCCC(CCCCCCCC)C(OC)(OC)OC. The normalized spacial score (nSPS) is 13.3. The summed E-state index contributed by atoms with van der Waals surface area (Å²) < 4.78 is 28.0. The van der Waals surface area contributed by atoms with Crippen molar-refractivity contribution in [1.29, 1.82) is 0 Å². The molecular formula is C23H46O5. The van der Waals surface area contributed by atoms with Crippen LogP contribution < -0.4 is 0 Å². The molecule has 0 bridgehead atoms. The Kier molecular flexibility index (Phi) is 19.2. The summed E-state index contributed by atoms with van der Waals surface area (Å²) >= 11 is 0. The van der Waals surface area contributed by atoms with Gasteiger partial charge in [-0.3, -0.25) is 0 Å². The molecule has 0 fully saturated rings. The molecule has 5 heteroatoms. The molecular weight excluding hydrogens is 356 g/mol. The van der Waals surface area contributed by atoms with E-state index in [-0.39, 0.29) is 5.92 Å². The molecule has 1 unspecified atom stereocenters. The quantitative estimate of drug-likeness (QED) is 0.132. The fourth-order valence-electron chi connectivity index (χ4n) is 3.43. The van der Waals surface area contributed by atoms with Gasteiger partial charge in [0.05, 0.1) is 12.9 Å². The van der Waals surface area contributed by atoms with E-state index in [4.69, 9.17) is 23.7 Å². The van der Waals surface area contributed by atoms with Gasteiger partial charge in [0.25, 0.3) is 5.97 Å². The van der Waals surface area contributed by atoms with E-state index in [1.807, 2.05) is 6.08 Å². The second-order valence-corrected chi connectivity index (χ2v) is 7.23. The Labute approximate surface area is 174 Å². The number of methoxy groups -OCH3 is 3. The lowest BCUT2D eigenvalue weighted by molar-refractivity contribution is -0.380. The van der Waals surface area contributed by atoms with Gasteiger partial charge in [0.15, 0.2) is 0 Å². The fourth-order valence-corrected chi connectivity index (χ4v) is 3.43. The minimum atomic E-state index is -0.955. The summed E-state index contributed by atoms with van der Waals surface area (Å²) in [7, 11) is 4.97. The van der Waals surface area contributed by atoms with Crippen LogP contribution in [0, 0.1) is 5.92 Å². The van der Waals surface area contributed by atoms with Crippen molar-refractivity contribution in [2.24, 2.45) is 5.92 Å². The lowest BCUT2D eigenvalue weighted by atomic mass is 9.93. The smallest absolute Gasteiger partial charge is 0.285 e. The molecule has 0 aliphatic heterocycles. The highest BCUT2D eigenvalue weighted by atomic mass is 16.9. The van der Waals surface area contributed by atoms with E-state index in [2.05, 4.69) is 13.8 Å². The summed E-state index contributed by atoms with van der Waals surface area (Å²) in [4.78, 5) is 0. The van der Waals surface area contributed by atoms with E-state index >= 15 is 0 Å². The zero-order chi connectivity index (χ0) is 20.9. The molecule has 0 aliphatic rings. The van der Waals surface area contributed by atoms with Gasteiger partial charge in [0.1, 0.15) is 0 Å². The van der Waals surface area contributed by atoms with E-state index < -0.39 is 5.97 Å². The summed E-state index contributed by atoms with van der Waals surface area (Å²) in [6, 6.07) is 0. The maximum absolute atomic E-state index is 5.75. The zero-order valence-corrected chi connectivity index (χ0v) is 19.2. The molecule has 0 radical (unpaired) electrons. The Hall–Kier alpha value is -0.620. The van der Waals surface area contributed by atoms with E-state index in [1.54, 1.807) is 27.6 Å². The van der Waals surface area contributed by atoms with Gasteiger partial charge in [-0.1, -0.05) is 58.4 Å². The molecule has 0 saturated heterocycles. The highest BCUT2D eigenvalue weighted by Gasteiger charge is 2.39. The topological polar surface area (TPSA) is 46.2 Å². The standard InChI is InChI=1S/C23H46O5/c1-6-8-10-11-12-13-16-22(23(24-3,25-4)26-5)17-14-19-28-21-15-20-27-18-9-7-2/h9,18,22H,6-8,10-17,19-21H2,1-5H3. The number of hydrogen-bond acceptors (Lipinski definition) is 5. The lowest BCUT2D eigenvalue weighted by Crippen LogP contribution is -2.44. The van der Waals surface area contributed by atoms with Gasteiger partial charge in [-0.05, 0) is 25.7 Å². The van der Waals surface area contributed by atoms with E-state index in [0.29, 0.717) is 6.61 Å². The first-order chi connectivity index (χ1) is 13.7. The van der Waals surface area contributed by atoms with E-state index in [1.165, 1.54) is 38.5 Å². The van der Waals surface area contributed by atoms with Crippen LogP contribution in [0.4, 0.5) is 0 Å². The molecule has 5 nitrogen and oxygen atoms in total. The first kappa shape index (κ1) is 27.4. The first-order valence-electron chi connectivity index (χ1n) is 11.2. The Balaban J connectivity index is 4.15. The second kappa shape index (κ2) is 19.7. The van der Waals surface area contributed by atoms with Crippen molar-refractivity contribution >= 4 is 0 Å². The van der Waals surface area contributed by atoms with Gasteiger partial charge < -0.3 is 23.7 Å². The molecule has 168 valence electrons. The van der Waals surface area contributed by atoms with Crippen LogP contribution in [0.3, 0.4) is 0 Å². The number of allylic oxidation sites excluding steroid dienone is 1. The third-order valence-corrected chi connectivity index (χ3v) is 5.08. The molecule has 28 heavy (non-hydrogen) atoms. The molecule has 0 aliphatic carbocycles. The van der Waals surface area contributed by atoms with Gasteiger partial charge >= 0.3 is 0 Å². The Morgan fingerprint density at radius 3 is 1.96 bits per heavy atom. The van der Waals surface area contributed by atoms with Crippen LogP contribution in [0.25, 0.3) is 0 Å². The van der Waals surface area contributed by atoms with Crippen LogP contribution in [0.15, 0.2) is 12.3 Å². The van der Waals surface area contributed by atoms with Crippen molar-refractivity contribution in [1.82, 2.24) is 0 Å². The number of unbranched alkanes of at least 4 members (excludes halogenated alkanes) is 5. The van der Waals surface area contributed by atoms with Gasteiger partial charge in [-0.25, -0.2) is 0 Å². The van der Waals surface area contributed by atoms with Crippen molar-refractivity contribution in [2.75, 3.05) is 41.2 Å². The van der Waals surface area contributed by atoms with Crippen molar-refractivity contribution in [3.8, 4) is 0 Å². The summed E-state index contributed by atoms with van der Waals surface area (Å²) in [6.45, 7) is 6.52. The van der Waals surface area contributed by atoms with Crippen LogP contribution >= 0.6 is 0 Å². The number of ether oxygens (including phenoxy) is 5. The van der Waals surface area contributed by atoms with Crippen LogP contribution in [-0.4, -0.2) is 47.1 Å². The fraction of sp³-hybridized carbons (Fsp3) is 0.913. The van der Waals surface area contributed by atoms with Crippen LogP contribution in [0.1, 0.15) is 84.5 Å². The zero-order valence-electron chi connectivity index (χ0n) is 19.2. The first-order valence-corrected chi connectivity index (χ1v) is 11.2. The van der Waals surface area contributed by atoms with Crippen molar-refractivity contribution in [3.05, 3.63) is 12.3 Å². The Bertz CT molecular complexity index is 334. The van der Waals surface area contributed by atoms with Crippen LogP contribution in [-0.2, 0) is 23.7 Å². The third kappa shape index (κ3) is 12.8. The van der Waals surface area contributed by atoms with E-state index in [0.717, 1.165) is 45.3 Å². The average molecular weight is 403 g/mol. The highest BCUT2D eigenvalue weighted by Crippen LogP contribution is 2.32. The molecule has 0 aromatic carbocycles. The van der Waals surface area contributed by atoms with Crippen LogP contribution in [0.2, 0.25) is 0 Å². The van der Waals surface area contributed by atoms with Gasteiger partial charge in [-0.2, -0.15) is 0 Å². The van der Waals surface area contributed by atoms with Crippen LogP contribution in [0.5, 0.6) is 0 Å². The van der Waals surface area contributed by atoms with E-state index in [9.17, 15) is 0 Å². The van der Waals surface area contributed by atoms with Crippen molar-refractivity contribution in [2.45, 2.75) is 90.4 Å². The van der Waals surface area contributed by atoms with Crippen molar-refractivity contribution in [3.63, 3.8) is 0 Å². The predicted molar refractivity (Wildman–Crippen MR) is 115 cm³/mol. The summed E-state index contributed by atoms with van der Waals surface area (Å²) in [6.07, 6.45) is 16.3. The molecule has 0 N–H and O–H groups in total. The average Bonchev–Trinajstić information content (AvgIpc) is 2.72. The molecule has 0 aromatic heterocycles. The molecule has 0 spiro atoms. The maximum atomic E-state index is 5.75. The van der Waals surface area contributed by atoms with Gasteiger partial charge in [0, 0.05) is 46.9 Å². The molecule has 0 heterocycles. The minimum Gasteiger partial charge on any atom is -0.501 e. The monoisotopic (exact) mass is 402 g/mol. The van der Waals surface area contributed by atoms with Gasteiger partial charge in [0.2, 0.25) is 0 Å². The molecule has 0 rings (SSSR count). The predicted octanol–water partition coefficient (Wildman–Crippen LogP) is 6.07. The van der Waals surface area contributed by atoms with Crippen molar-refractivity contribution < 1.29 is 23.7 Å². The summed E-state index contributed by atoms with van der Waals surface area (Å²) in [5, 5.41) is 0. The molecule has 1 atom stereocenters. The molecule has 0 aromatic rings. The minimum absolute atomic E-state index is 0.199. The lowest BCUT2D eigenvalue weighted by Gasteiger charge is -2.36. The third-order valence-electron chi connectivity index (χ3n) is 5.08. The molecule has 0 saturated carbocycles. The largest absolute Gasteiger partial charge is 0.501 e. The molecule has 0 amide bonds. The highest BCUT2D eigenvalue weighted by molar-refractivity contribution is 4.72. The second-order valence-electron chi connectivity index (χ2n) is 7.23. The number of rotatable bonds is 21. The van der Waals surface area contributed by atoms with Gasteiger partial charge in [-0.15, -0.1) is 0 Å². The Morgan fingerprint density at radius 2 is 1.32 bits per heavy atom. The Morgan fingerprint density at radius 1 is 0.714 bits per heavy atom.